The maximum atomic E-state index is 13.6. The van der Waals surface area contributed by atoms with E-state index in [0.717, 1.165) is 31.6 Å². The lowest BCUT2D eigenvalue weighted by Crippen LogP contribution is -2.09. The molecule has 1 heterocycles. The number of rotatable bonds is 3. The predicted molar refractivity (Wildman–Crippen MR) is 66.2 cm³/mol. The lowest BCUT2D eigenvalue weighted by Gasteiger charge is -2.15. The molecule has 1 aliphatic rings. The highest BCUT2D eigenvalue weighted by molar-refractivity contribution is 9.10. The van der Waals surface area contributed by atoms with Crippen molar-refractivity contribution in [3.8, 4) is 0 Å². The Bertz CT molecular complexity index is 408. The topological polar surface area (TPSA) is 9.23 Å². The van der Waals surface area contributed by atoms with Crippen molar-refractivity contribution in [2.24, 2.45) is 0 Å². The van der Waals surface area contributed by atoms with Crippen molar-refractivity contribution in [3.05, 3.63) is 33.8 Å². The van der Waals surface area contributed by atoms with Crippen molar-refractivity contribution >= 4 is 27.5 Å². The molecule has 5 heteroatoms. The van der Waals surface area contributed by atoms with Crippen molar-refractivity contribution in [2.75, 3.05) is 6.61 Å². The molecule has 94 valence electrons. The zero-order valence-electron chi connectivity index (χ0n) is 9.06. The van der Waals surface area contributed by atoms with Gasteiger partial charge in [-0.05, 0) is 47.3 Å². The smallest absolute Gasteiger partial charge is 0.137 e. The van der Waals surface area contributed by atoms with Crippen molar-refractivity contribution in [1.29, 1.82) is 0 Å². The maximum absolute atomic E-state index is 13.6. The van der Waals surface area contributed by atoms with E-state index in [2.05, 4.69) is 15.9 Å². The molecule has 0 saturated carbocycles. The SMILES string of the molecule is Fc1cc(C(Cl)CC2CCCO2)c(F)cc1Br. The quantitative estimate of drug-likeness (QED) is 0.584. The van der Waals surface area contributed by atoms with Gasteiger partial charge in [-0.2, -0.15) is 0 Å². The monoisotopic (exact) mass is 324 g/mol. The molecule has 0 spiro atoms. The van der Waals surface area contributed by atoms with Gasteiger partial charge in [-0.1, -0.05) is 0 Å². The van der Waals surface area contributed by atoms with Crippen molar-refractivity contribution in [2.45, 2.75) is 30.7 Å². The van der Waals surface area contributed by atoms with Crippen molar-refractivity contribution in [3.63, 3.8) is 0 Å². The van der Waals surface area contributed by atoms with Crippen molar-refractivity contribution in [1.82, 2.24) is 0 Å². The fourth-order valence-corrected chi connectivity index (χ4v) is 2.65. The van der Waals surface area contributed by atoms with Gasteiger partial charge in [0, 0.05) is 12.2 Å². The summed E-state index contributed by atoms with van der Waals surface area (Å²) < 4.78 is 32.5. The first-order valence-corrected chi connectivity index (χ1v) is 6.71. The molecule has 2 unspecified atom stereocenters. The van der Waals surface area contributed by atoms with Crippen LogP contribution in [0.2, 0.25) is 0 Å². The minimum atomic E-state index is -0.555. The van der Waals surface area contributed by atoms with Gasteiger partial charge in [0.15, 0.2) is 0 Å². The van der Waals surface area contributed by atoms with Crippen LogP contribution in [0, 0.1) is 11.6 Å². The summed E-state index contributed by atoms with van der Waals surface area (Å²) in [7, 11) is 0. The summed E-state index contributed by atoms with van der Waals surface area (Å²) in [5, 5.41) is -0.555. The zero-order chi connectivity index (χ0) is 12.4. The Hall–Kier alpha value is -0.190. The Morgan fingerprint density at radius 2 is 2.18 bits per heavy atom. The van der Waals surface area contributed by atoms with Gasteiger partial charge in [0.25, 0.3) is 0 Å². The second kappa shape index (κ2) is 5.63. The number of benzene rings is 1. The van der Waals surface area contributed by atoms with Gasteiger partial charge >= 0.3 is 0 Å². The second-order valence-electron chi connectivity index (χ2n) is 4.13. The van der Waals surface area contributed by atoms with Gasteiger partial charge in [0.05, 0.1) is 16.0 Å². The van der Waals surface area contributed by atoms with E-state index >= 15 is 0 Å². The minimum Gasteiger partial charge on any atom is -0.378 e. The van der Waals surface area contributed by atoms with Crippen LogP contribution in [-0.2, 0) is 4.74 Å². The van der Waals surface area contributed by atoms with Crippen LogP contribution >= 0.6 is 27.5 Å². The molecule has 2 atom stereocenters. The first-order valence-electron chi connectivity index (χ1n) is 5.48. The van der Waals surface area contributed by atoms with E-state index in [1.165, 1.54) is 0 Å². The van der Waals surface area contributed by atoms with Crippen LogP contribution in [0.15, 0.2) is 16.6 Å². The Kier molecular flexibility index (Phi) is 4.39. The molecular formula is C12H12BrClF2O. The molecule has 1 aliphatic heterocycles. The van der Waals surface area contributed by atoms with Crippen LogP contribution in [0.3, 0.4) is 0 Å². The van der Waals surface area contributed by atoms with E-state index in [0.29, 0.717) is 6.42 Å². The van der Waals surface area contributed by atoms with Gasteiger partial charge in [0.1, 0.15) is 11.6 Å². The Morgan fingerprint density at radius 3 is 2.82 bits per heavy atom. The molecule has 0 aliphatic carbocycles. The fraction of sp³-hybridized carbons (Fsp3) is 0.500. The van der Waals surface area contributed by atoms with E-state index in [1.54, 1.807) is 0 Å². The Morgan fingerprint density at radius 1 is 1.41 bits per heavy atom. The van der Waals surface area contributed by atoms with E-state index < -0.39 is 17.0 Å². The third-order valence-electron chi connectivity index (χ3n) is 2.87. The number of alkyl halides is 1. The third kappa shape index (κ3) is 3.18. The van der Waals surface area contributed by atoms with Crippen LogP contribution < -0.4 is 0 Å². The Balaban J connectivity index is 2.12. The highest BCUT2D eigenvalue weighted by Gasteiger charge is 2.23. The summed E-state index contributed by atoms with van der Waals surface area (Å²) in [5.74, 6) is -0.990. The first-order chi connectivity index (χ1) is 8.08. The molecule has 17 heavy (non-hydrogen) atoms. The summed E-state index contributed by atoms with van der Waals surface area (Å²) in [5.41, 5.74) is 0.197. The summed E-state index contributed by atoms with van der Waals surface area (Å²) >= 11 is 9.05. The normalized spacial score (nSPS) is 21.8. The van der Waals surface area contributed by atoms with Crippen LogP contribution in [0.25, 0.3) is 0 Å². The molecule has 1 fully saturated rings. The van der Waals surface area contributed by atoms with Crippen molar-refractivity contribution < 1.29 is 13.5 Å². The third-order valence-corrected chi connectivity index (χ3v) is 3.89. The molecule has 2 rings (SSSR count). The highest BCUT2D eigenvalue weighted by Crippen LogP contribution is 2.33. The van der Waals surface area contributed by atoms with Gasteiger partial charge < -0.3 is 4.74 Å². The van der Waals surface area contributed by atoms with Gasteiger partial charge in [-0.15, -0.1) is 11.6 Å². The molecule has 1 aromatic carbocycles. The van der Waals surface area contributed by atoms with E-state index in [1.807, 2.05) is 0 Å². The largest absolute Gasteiger partial charge is 0.378 e. The van der Waals surface area contributed by atoms with Crippen LogP contribution in [0.1, 0.15) is 30.2 Å². The first kappa shape index (κ1) is 13.2. The summed E-state index contributed by atoms with van der Waals surface area (Å²) in [6.45, 7) is 0.728. The van der Waals surface area contributed by atoms with Crippen LogP contribution in [-0.4, -0.2) is 12.7 Å². The van der Waals surface area contributed by atoms with Crippen LogP contribution in [0.4, 0.5) is 8.78 Å². The number of hydrogen-bond donors (Lipinski definition) is 0. The van der Waals surface area contributed by atoms with E-state index in [9.17, 15) is 8.78 Å². The molecule has 0 amide bonds. The standard InChI is InChI=1S/C12H12BrClF2O/c13-9-6-11(15)8(5-12(9)16)10(14)4-7-2-1-3-17-7/h5-7,10H,1-4H2. The number of hydrogen-bond acceptors (Lipinski definition) is 1. The second-order valence-corrected chi connectivity index (χ2v) is 5.51. The molecule has 0 bridgehead atoms. The summed E-state index contributed by atoms with van der Waals surface area (Å²) in [4.78, 5) is 0. The average molecular weight is 326 g/mol. The summed E-state index contributed by atoms with van der Waals surface area (Å²) in [6.07, 6.45) is 2.51. The molecule has 0 radical (unpaired) electrons. The lowest BCUT2D eigenvalue weighted by molar-refractivity contribution is 0.103. The van der Waals surface area contributed by atoms with Gasteiger partial charge in [0.2, 0.25) is 0 Å². The van der Waals surface area contributed by atoms with E-state index in [4.69, 9.17) is 16.3 Å². The molecule has 0 N–H and O–H groups in total. The Labute approximate surface area is 112 Å². The fourth-order valence-electron chi connectivity index (χ4n) is 1.97. The number of ether oxygens (including phenoxy) is 1. The molecule has 1 nitrogen and oxygen atoms in total. The zero-order valence-corrected chi connectivity index (χ0v) is 11.4. The summed E-state index contributed by atoms with van der Waals surface area (Å²) in [6, 6.07) is 2.25. The van der Waals surface area contributed by atoms with Gasteiger partial charge in [-0.25, -0.2) is 8.78 Å². The van der Waals surface area contributed by atoms with Gasteiger partial charge in [-0.3, -0.25) is 0 Å². The average Bonchev–Trinajstić information content (AvgIpc) is 2.76. The van der Waals surface area contributed by atoms with E-state index in [-0.39, 0.29) is 16.1 Å². The molecular weight excluding hydrogens is 313 g/mol. The lowest BCUT2D eigenvalue weighted by atomic mass is 10.0. The molecule has 1 saturated heterocycles. The minimum absolute atomic E-state index is 0.0589. The predicted octanol–water partition coefficient (Wildman–Crippen LogP) is 4.58. The number of halogens is 4. The maximum Gasteiger partial charge on any atom is 0.137 e. The molecule has 1 aromatic rings. The van der Waals surface area contributed by atoms with Crippen LogP contribution in [0.5, 0.6) is 0 Å². The molecule has 0 aromatic heterocycles. The highest BCUT2D eigenvalue weighted by atomic mass is 79.9.